The highest BCUT2D eigenvalue weighted by atomic mass is 35.5. The van der Waals surface area contributed by atoms with Crippen LogP contribution in [0, 0.1) is 12.8 Å². The van der Waals surface area contributed by atoms with E-state index in [2.05, 4.69) is 19.0 Å². The lowest BCUT2D eigenvalue weighted by Gasteiger charge is -2.20. The fourth-order valence-electron chi connectivity index (χ4n) is 2.65. The van der Waals surface area contributed by atoms with Crippen molar-refractivity contribution in [2.45, 2.75) is 26.2 Å². The molecule has 0 radical (unpaired) electrons. The summed E-state index contributed by atoms with van der Waals surface area (Å²) in [5, 5.41) is 1.53. The lowest BCUT2D eigenvalue weighted by Crippen LogP contribution is -2.34. The predicted octanol–water partition coefficient (Wildman–Crippen LogP) is 4.37. The third kappa shape index (κ3) is 4.39. The van der Waals surface area contributed by atoms with Crippen molar-refractivity contribution in [2.24, 2.45) is 5.92 Å². The third-order valence-corrected chi connectivity index (χ3v) is 5.29. The number of halogens is 2. The normalized spacial score (nSPS) is 14.0. The molecule has 1 saturated carbocycles. The van der Waals surface area contributed by atoms with E-state index in [-0.39, 0.29) is 24.2 Å². The van der Waals surface area contributed by atoms with Crippen molar-refractivity contribution in [2.75, 3.05) is 32.1 Å². The van der Waals surface area contributed by atoms with Crippen molar-refractivity contribution < 1.29 is 4.79 Å². The summed E-state index contributed by atoms with van der Waals surface area (Å²) in [6, 6.07) is 3.86. The number of hydrogen-bond donors (Lipinski definition) is 0. The van der Waals surface area contributed by atoms with Gasteiger partial charge < -0.3 is 4.90 Å². The molecule has 3 rings (SSSR count). The zero-order chi connectivity index (χ0) is 16.6. The van der Waals surface area contributed by atoms with E-state index >= 15 is 0 Å². The first-order valence-electron chi connectivity index (χ1n) is 7.98. The number of benzene rings is 1. The number of anilines is 1. The monoisotopic (exact) mass is 387 g/mol. The molecule has 0 saturated heterocycles. The molecule has 1 amide bonds. The van der Waals surface area contributed by atoms with Crippen LogP contribution in [-0.4, -0.2) is 43.0 Å². The van der Waals surface area contributed by atoms with Crippen LogP contribution in [0.5, 0.6) is 0 Å². The first kappa shape index (κ1) is 19.4. The Morgan fingerprint density at radius 3 is 2.67 bits per heavy atom. The van der Waals surface area contributed by atoms with Crippen LogP contribution in [0.4, 0.5) is 5.13 Å². The second kappa shape index (κ2) is 8.00. The molecule has 0 bridgehead atoms. The molecule has 0 N–H and O–H groups in total. The van der Waals surface area contributed by atoms with Crippen molar-refractivity contribution in [1.29, 1.82) is 0 Å². The summed E-state index contributed by atoms with van der Waals surface area (Å²) in [5.74, 6) is 0.428. The van der Waals surface area contributed by atoms with E-state index in [1.54, 1.807) is 11.3 Å². The molecule has 7 heteroatoms. The average molecular weight is 388 g/mol. The first-order valence-corrected chi connectivity index (χ1v) is 9.18. The maximum absolute atomic E-state index is 12.7. The van der Waals surface area contributed by atoms with E-state index in [1.807, 2.05) is 24.0 Å². The minimum absolute atomic E-state index is 0. The van der Waals surface area contributed by atoms with Gasteiger partial charge in [-0.05, 0) is 64.5 Å². The average Bonchev–Trinajstić information content (AvgIpc) is 3.23. The Balaban J connectivity index is 0.00000208. The number of thiazole rings is 1. The summed E-state index contributed by atoms with van der Waals surface area (Å²) in [5.41, 5.74) is 2.01. The summed E-state index contributed by atoms with van der Waals surface area (Å²) in [4.78, 5) is 21.4. The van der Waals surface area contributed by atoms with Crippen LogP contribution in [0.1, 0.15) is 24.8 Å². The summed E-state index contributed by atoms with van der Waals surface area (Å²) < 4.78 is 1.05. The number of nitrogens with zero attached hydrogens (tertiary/aromatic N) is 3. The van der Waals surface area contributed by atoms with Gasteiger partial charge in [-0.25, -0.2) is 4.98 Å². The molecule has 0 unspecified atom stereocenters. The van der Waals surface area contributed by atoms with Crippen molar-refractivity contribution >= 4 is 56.6 Å². The molecule has 1 aromatic heterocycles. The van der Waals surface area contributed by atoms with Crippen LogP contribution in [0.2, 0.25) is 5.02 Å². The molecule has 24 heavy (non-hydrogen) atoms. The smallest absolute Gasteiger partial charge is 0.231 e. The van der Waals surface area contributed by atoms with Gasteiger partial charge in [-0.15, -0.1) is 12.4 Å². The fourth-order valence-corrected chi connectivity index (χ4v) is 4.11. The molecule has 0 spiro atoms. The largest absolute Gasteiger partial charge is 0.309 e. The van der Waals surface area contributed by atoms with Gasteiger partial charge in [0.2, 0.25) is 5.91 Å². The predicted molar refractivity (Wildman–Crippen MR) is 105 cm³/mol. The third-order valence-electron chi connectivity index (χ3n) is 4.05. The highest BCUT2D eigenvalue weighted by Crippen LogP contribution is 2.37. The van der Waals surface area contributed by atoms with Crippen molar-refractivity contribution in [3.63, 3.8) is 0 Å². The van der Waals surface area contributed by atoms with Crippen LogP contribution in [0.3, 0.4) is 0 Å². The van der Waals surface area contributed by atoms with Gasteiger partial charge in [-0.1, -0.05) is 22.9 Å². The van der Waals surface area contributed by atoms with E-state index in [9.17, 15) is 4.79 Å². The van der Waals surface area contributed by atoms with Gasteiger partial charge >= 0.3 is 0 Å². The lowest BCUT2D eigenvalue weighted by atomic mass is 10.2. The van der Waals surface area contributed by atoms with Gasteiger partial charge in [0.15, 0.2) is 5.13 Å². The van der Waals surface area contributed by atoms with Crippen molar-refractivity contribution in [3.05, 3.63) is 22.7 Å². The topological polar surface area (TPSA) is 36.4 Å². The summed E-state index contributed by atoms with van der Waals surface area (Å²) in [6.45, 7) is 3.70. The van der Waals surface area contributed by atoms with Crippen LogP contribution in [0.25, 0.3) is 10.2 Å². The number of rotatable bonds is 6. The summed E-state index contributed by atoms with van der Waals surface area (Å²) in [6.07, 6.45) is 2.97. The molecule has 0 atom stereocenters. The Hall–Kier alpha value is -0.880. The number of amides is 1. The van der Waals surface area contributed by atoms with Crippen molar-refractivity contribution in [1.82, 2.24) is 9.88 Å². The highest BCUT2D eigenvalue weighted by Gasteiger charge is 2.35. The van der Waals surface area contributed by atoms with Gasteiger partial charge in [0.25, 0.3) is 0 Å². The molecule has 1 aromatic carbocycles. The second-order valence-electron chi connectivity index (χ2n) is 6.49. The lowest BCUT2D eigenvalue weighted by molar-refractivity contribution is -0.119. The maximum Gasteiger partial charge on any atom is 0.231 e. The second-order valence-corrected chi connectivity index (χ2v) is 7.93. The minimum Gasteiger partial charge on any atom is -0.309 e. The zero-order valence-electron chi connectivity index (χ0n) is 14.2. The van der Waals surface area contributed by atoms with Gasteiger partial charge in [0.05, 0.1) is 10.2 Å². The molecule has 4 nitrogen and oxygen atoms in total. The maximum atomic E-state index is 12.7. The zero-order valence-corrected chi connectivity index (χ0v) is 16.6. The number of aromatic nitrogens is 1. The van der Waals surface area contributed by atoms with E-state index in [0.29, 0.717) is 0 Å². The Bertz CT molecular complexity index is 728. The molecule has 132 valence electrons. The number of fused-ring (bicyclic) bond motifs is 1. The Labute approximate surface area is 158 Å². The Morgan fingerprint density at radius 1 is 1.33 bits per heavy atom. The highest BCUT2D eigenvalue weighted by molar-refractivity contribution is 7.22. The van der Waals surface area contributed by atoms with Gasteiger partial charge in [-0.3, -0.25) is 9.69 Å². The Kier molecular flexibility index (Phi) is 6.48. The van der Waals surface area contributed by atoms with E-state index in [1.165, 1.54) is 0 Å². The Morgan fingerprint density at radius 2 is 2.04 bits per heavy atom. The molecular weight excluding hydrogens is 365 g/mol. The van der Waals surface area contributed by atoms with Crippen LogP contribution >= 0.6 is 35.3 Å². The number of carbonyl (C=O) groups is 1. The molecule has 1 aliphatic rings. The van der Waals surface area contributed by atoms with E-state index < -0.39 is 0 Å². The molecule has 0 aliphatic heterocycles. The summed E-state index contributed by atoms with van der Waals surface area (Å²) in [7, 11) is 4.10. The molecule has 1 fully saturated rings. The van der Waals surface area contributed by atoms with Gasteiger partial charge in [-0.2, -0.15) is 0 Å². The van der Waals surface area contributed by atoms with E-state index in [4.69, 9.17) is 16.6 Å². The van der Waals surface area contributed by atoms with E-state index in [0.717, 1.165) is 58.3 Å². The SMILES string of the molecule is Cc1cc(Cl)cc2sc(N(CCCN(C)C)C(=O)C3CC3)nc12.Cl. The standard InChI is InChI=1S/C17H22ClN3OS.ClH/c1-11-9-13(18)10-14-15(11)19-17(23-14)21(8-4-7-20(2)3)16(22)12-5-6-12;/h9-10,12H,4-8H2,1-3H3;1H. The molecule has 1 aliphatic carbocycles. The van der Waals surface area contributed by atoms with Crippen LogP contribution in [0.15, 0.2) is 12.1 Å². The molecule has 1 heterocycles. The molecular formula is C17H23Cl2N3OS. The van der Waals surface area contributed by atoms with Gasteiger partial charge in [0.1, 0.15) is 0 Å². The van der Waals surface area contributed by atoms with Gasteiger partial charge in [0, 0.05) is 17.5 Å². The number of hydrogen-bond acceptors (Lipinski definition) is 4. The van der Waals surface area contributed by atoms with Crippen molar-refractivity contribution in [3.8, 4) is 0 Å². The number of aryl methyl sites for hydroxylation is 1. The van der Waals surface area contributed by atoms with Crippen LogP contribution in [-0.2, 0) is 4.79 Å². The summed E-state index contributed by atoms with van der Waals surface area (Å²) >= 11 is 7.71. The number of carbonyl (C=O) groups excluding carboxylic acids is 1. The van der Waals surface area contributed by atoms with Crippen LogP contribution < -0.4 is 4.90 Å². The minimum atomic E-state index is 0. The molecule has 2 aromatic rings. The fraction of sp³-hybridized carbons (Fsp3) is 0.529. The first-order chi connectivity index (χ1) is 11.0. The quantitative estimate of drug-likeness (QED) is 0.737.